The van der Waals surface area contributed by atoms with Crippen LogP contribution in [0.3, 0.4) is 0 Å². The zero-order valence-electron chi connectivity index (χ0n) is 10.5. The van der Waals surface area contributed by atoms with Crippen molar-refractivity contribution in [3.05, 3.63) is 70.5 Å². The quantitative estimate of drug-likeness (QED) is 0.930. The zero-order valence-corrected chi connectivity index (χ0v) is 10.5. The molecule has 2 rings (SSSR count). The van der Waals surface area contributed by atoms with Crippen molar-refractivity contribution in [3.63, 3.8) is 0 Å². The van der Waals surface area contributed by atoms with Gasteiger partial charge < -0.3 is 5.32 Å². The van der Waals surface area contributed by atoms with Gasteiger partial charge >= 0.3 is 0 Å². The van der Waals surface area contributed by atoms with E-state index in [0.717, 1.165) is 12.1 Å². The van der Waals surface area contributed by atoms with Crippen LogP contribution in [-0.2, 0) is 13.1 Å². The second-order valence-corrected chi connectivity index (χ2v) is 4.23. The molecule has 0 unspecified atom stereocenters. The van der Waals surface area contributed by atoms with Gasteiger partial charge in [0.1, 0.15) is 17.5 Å². The Balaban J connectivity index is 2.05. The molecule has 0 aliphatic heterocycles. The van der Waals surface area contributed by atoms with Crippen molar-refractivity contribution in [1.29, 1.82) is 5.26 Å². The minimum atomic E-state index is -0.789. The average molecular weight is 276 g/mol. The smallest absolute Gasteiger partial charge is 0.131 e. The highest BCUT2D eigenvalue weighted by Gasteiger charge is 2.11. The molecule has 5 heteroatoms. The number of rotatable bonds is 4. The Morgan fingerprint density at radius 1 is 0.950 bits per heavy atom. The zero-order chi connectivity index (χ0) is 14.5. The Labute approximate surface area is 114 Å². The van der Waals surface area contributed by atoms with Crippen molar-refractivity contribution >= 4 is 0 Å². The molecule has 2 aromatic carbocycles. The highest BCUT2D eigenvalue weighted by molar-refractivity contribution is 5.34. The van der Waals surface area contributed by atoms with Crippen LogP contribution < -0.4 is 5.32 Å². The lowest BCUT2D eigenvalue weighted by Crippen LogP contribution is -2.16. The van der Waals surface area contributed by atoms with Gasteiger partial charge in [0.15, 0.2) is 0 Å². The lowest BCUT2D eigenvalue weighted by molar-refractivity contribution is 0.529. The molecule has 2 aromatic rings. The van der Waals surface area contributed by atoms with E-state index in [0.29, 0.717) is 5.56 Å². The Morgan fingerprint density at radius 3 is 2.20 bits per heavy atom. The third-order valence-electron chi connectivity index (χ3n) is 2.85. The lowest BCUT2D eigenvalue weighted by Gasteiger charge is -2.08. The van der Waals surface area contributed by atoms with Gasteiger partial charge in [0.05, 0.1) is 11.6 Å². The first-order valence-corrected chi connectivity index (χ1v) is 5.94. The molecule has 0 amide bonds. The van der Waals surface area contributed by atoms with Crippen molar-refractivity contribution < 1.29 is 13.2 Å². The van der Waals surface area contributed by atoms with Gasteiger partial charge in [-0.1, -0.05) is 18.2 Å². The van der Waals surface area contributed by atoms with Gasteiger partial charge in [-0.25, -0.2) is 13.2 Å². The Hall–Kier alpha value is -2.32. The van der Waals surface area contributed by atoms with E-state index in [1.165, 1.54) is 6.07 Å². The van der Waals surface area contributed by atoms with Crippen molar-refractivity contribution in [2.75, 3.05) is 0 Å². The van der Waals surface area contributed by atoms with Gasteiger partial charge in [-0.2, -0.15) is 5.26 Å². The van der Waals surface area contributed by atoms with Crippen LogP contribution >= 0.6 is 0 Å². The molecule has 0 radical (unpaired) electrons. The van der Waals surface area contributed by atoms with E-state index in [9.17, 15) is 13.2 Å². The van der Waals surface area contributed by atoms with Crippen LogP contribution in [0.15, 0.2) is 36.4 Å². The molecule has 0 atom stereocenters. The lowest BCUT2D eigenvalue weighted by atomic mass is 10.1. The summed E-state index contributed by atoms with van der Waals surface area (Å²) in [4.78, 5) is 0. The second kappa shape index (κ2) is 6.22. The fourth-order valence-electron chi connectivity index (χ4n) is 1.80. The molecule has 0 bridgehead atoms. The van der Waals surface area contributed by atoms with Gasteiger partial charge in [-0.15, -0.1) is 0 Å². The van der Waals surface area contributed by atoms with E-state index < -0.39 is 11.6 Å². The first kappa shape index (κ1) is 14.1. The summed E-state index contributed by atoms with van der Waals surface area (Å²) in [6, 6.07) is 9.79. The van der Waals surface area contributed by atoms with E-state index >= 15 is 0 Å². The second-order valence-electron chi connectivity index (χ2n) is 4.23. The Bertz CT molecular complexity index is 639. The summed E-state index contributed by atoms with van der Waals surface area (Å²) in [5, 5.41) is 11.4. The number of hydrogen-bond acceptors (Lipinski definition) is 2. The molecule has 0 saturated heterocycles. The van der Waals surface area contributed by atoms with Crippen LogP contribution in [0.2, 0.25) is 0 Å². The topological polar surface area (TPSA) is 35.8 Å². The maximum Gasteiger partial charge on any atom is 0.131 e. The summed E-state index contributed by atoms with van der Waals surface area (Å²) in [6.45, 7) is 0.0727. The molecule has 102 valence electrons. The fourth-order valence-corrected chi connectivity index (χ4v) is 1.80. The molecule has 0 aliphatic rings. The minimum absolute atomic E-state index is 0.0714. The number of nitrogens with zero attached hydrogens (tertiary/aromatic N) is 1. The Morgan fingerprint density at radius 2 is 1.60 bits per heavy atom. The van der Waals surface area contributed by atoms with Crippen molar-refractivity contribution in [1.82, 2.24) is 5.32 Å². The molecule has 1 N–H and O–H groups in total. The maximum absolute atomic E-state index is 13.6. The van der Waals surface area contributed by atoms with Gasteiger partial charge in [-0.05, 0) is 18.2 Å². The van der Waals surface area contributed by atoms with E-state index in [2.05, 4.69) is 5.32 Å². The molecule has 0 spiro atoms. The number of nitriles is 1. The highest BCUT2D eigenvalue weighted by Crippen LogP contribution is 2.15. The molecule has 0 heterocycles. The number of halogens is 3. The summed E-state index contributed by atoms with van der Waals surface area (Å²) in [6.07, 6.45) is 0. The standard InChI is InChI=1S/C15H11F3N2/c16-13-4-2-1-3-11(13)8-20-9-12-14(17)5-10(7-19)6-15(12)18/h1-6,20H,8-9H2. The molecule has 0 fully saturated rings. The van der Waals surface area contributed by atoms with Crippen molar-refractivity contribution in [2.24, 2.45) is 0 Å². The molecule has 2 nitrogen and oxygen atoms in total. The molecule has 0 aliphatic carbocycles. The maximum atomic E-state index is 13.6. The van der Waals surface area contributed by atoms with E-state index in [1.54, 1.807) is 24.3 Å². The first-order valence-electron chi connectivity index (χ1n) is 5.94. The fraction of sp³-hybridized carbons (Fsp3) is 0.133. The van der Waals surface area contributed by atoms with Crippen molar-refractivity contribution in [3.8, 4) is 6.07 Å². The van der Waals surface area contributed by atoms with Crippen LogP contribution in [-0.4, -0.2) is 0 Å². The van der Waals surface area contributed by atoms with Gasteiger partial charge in [0, 0.05) is 24.2 Å². The number of benzene rings is 2. The van der Waals surface area contributed by atoms with Crippen LogP contribution in [0.4, 0.5) is 13.2 Å². The van der Waals surface area contributed by atoms with Crippen LogP contribution in [0.1, 0.15) is 16.7 Å². The number of nitrogens with one attached hydrogen (secondary N) is 1. The third-order valence-corrected chi connectivity index (χ3v) is 2.85. The van der Waals surface area contributed by atoms with Crippen LogP contribution in [0.5, 0.6) is 0 Å². The normalized spacial score (nSPS) is 10.3. The first-order chi connectivity index (χ1) is 9.61. The van der Waals surface area contributed by atoms with E-state index in [4.69, 9.17) is 5.26 Å². The largest absolute Gasteiger partial charge is 0.308 e. The summed E-state index contributed by atoms with van der Waals surface area (Å²) >= 11 is 0. The minimum Gasteiger partial charge on any atom is -0.308 e. The molecule has 0 saturated carbocycles. The summed E-state index contributed by atoms with van der Waals surface area (Å²) in [7, 11) is 0. The highest BCUT2D eigenvalue weighted by atomic mass is 19.1. The molecule has 0 aromatic heterocycles. The van der Waals surface area contributed by atoms with E-state index in [1.807, 2.05) is 0 Å². The Kier molecular flexibility index (Phi) is 4.38. The number of hydrogen-bond donors (Lipinski definition) is 1. The monoisotopic (exact) mass is 276 g/mol. The van der Waals surface area contributed by atoms with Crippen molar-refractivity contribution in [2.45, 2.75) is 13.1 Å². The summed E-state index contributed by atoms with van der Waals surface area (Å²) in [5.41, 5.74) is 0.181. The van der Waals surface area contributed by atoms with Gasteiger partial charge in [-0.3, -0.25) is 0 Å². The predicted octanol–water partition coefficient (Wildman–Crippen LogP) is 3.27. The predicted molar refractivity (Wildman–Crippen MR) is 68.0 cm³/mol. The summed E-state index contributed by atoms with van der Waals surface area (Å²) in [5.74, 6) is -1.95. The van der Waals surface area contributed by atoms with Crippen LogP contribution in [0, 0.1) is 28.8 Å². The molecular weight excluding hydrogens is 265 g/mol. The summed E-state index contributed by atoms with van der Waals surface area (Å²) < 4.78 is 40.5. The molecule has 20 heavy (non-hydrogen) atoms. The SMILES string of the molecule is N#Cc1cc(F)c(CNCc2ccccc2F)c(F)c1. The van der Waals surface area contributed by atoms with E-state index in [-0.39, 0.29) is 30.0 Å². The van der Waals surface area contributed by atoms with Crippen LogP contribution in [0.25, 0.3) is 0 Å². The van der Waals surface area contributed by atoms with Gasteiger partial charge in [0.25, 0.3) is 0 Å². The average Bonchev–Trinajstić information content (AvgIpc) is 2.43. The van der Waals surface area contributed by atoms with Gasteiger partial charge in [0.2, 0.25) is 0 Å². The third kappa shape index (κ3) is 3.16. The molecular formula is C15H11F3N2.